The molecule has 0 bridgehead atoms. The monoisotopic (exact) mass is 567 g/mol. The van der Waals surface area contributed by atoms with E-state index in [0.717, 1.165) is 24.7 Å². The number of hydrogen-bond donors (Lipinski definition) is 4. The van der Waals surface area contributed by atoms with Crippen LogP contribution < -0.4 is 10.6 Å². The number of carbonyl (C=O) groups is 2. The Labute approximate surface area is 238 Å². The molecule has 1 saturated heterocycles. The van der Waals surface area contributed by atoms with Gasteiger partial charge in [0.05, 0.1) is 36.7 Å². The van der Waals surface area contributed by atoms with Gasteiger partial charge in [-0.15, -0.1) is 0 Å². The van der Waals surface area contributed by atoms with Crippen LogP contribution in [0.5, 0.6) is 0 Å². The number of aromatic nitrogens is 2. The Morgan fingerprint density at radius 3 is 2.58 bits per heavy atom. The number of halogens is 1. The van der Waals surface area contributed by atoms with Gasteiger partial charge in [0, 0.05) is 36.9 Å². The van der Waals surface area contributed by atoms with Crippen molar-refractivity contribution in [2.45, 2.75) is 31.0 Å². The maximum atomic E-state index is 12.9. The fourth-order valence-electron chi connectivity index (χ4n) is 4.70. The number of benzene rings is 2. The van der Waals surface area contributed by atoms with E-state index < -0.39 is 18.8 Å². The first kappa shape index (κ1) is 29.6. The number of aliphatic hydroxyl groups excluding tert-OH is 2. The van der Waals surface area contributed by atoms with Crippen LogP contribution in [0, 0.1) is 0 Å². The summed E-state index contributed by atoms with van der Waals surface area (Å²) in [5.74, 6) is 0.0853. The normalized spacial score (nSPS) is 14.2. The zero-order valence-corrected chi connectivity index (χ0v) is 23.1. The average molecular weight is 568 g/mol. The highest BCUT2D eigenvalue weighted by atomic mass is 35.5. The summed E-state index contributed by atoms with van der Waals surface area (Å²) in [6, 6.07) is 14.4. The number of likely N-dealkylation sites (N-methyl/N-ethyl adjacent to an activating group) is 1. The average Bonchev–Trinajstić information content (AvgIpc) is 2.98. The van der Waals surface area contributed by atoms with E-state index in [2.05, 4.69) is 20.6 Å². The summed E-state index contributed by atoms with van der Waals surface area (Å²) in [4.78, 5) is 35.5. The van der Waals surface area contributed by atoms with E-state index in [4.69, 9.17) is 16.3 Å². The minimum Gasteiger partial charge on any atom is -0.393 e. The predicted molar refractivity (Wildman–Crippen MR) is 152 cm³/mol. The largest absolute Gasteiger partial charge is 0.393 e. The summed E-state index contributed by atoms with van der Waals surface area (Å²) in [5, 5.41) is 26.5. The summed E-state index contributed by atoms with van der Waals surface area (Å²) >= 11 is 6.42. The summed E-state index contributed by atoms with van der Waals surface area (Å²) in [6.07, 6.45) is 4.04. The molecule has 0 saturated carbocycles. The number of anilines is 1. The number of ether oxygens (including phenoxy) is 1. The number of carbonyl (C=O) groups excluding carboxylic acids is 2. The highest BCUT2D eigenvalue weighted by Gasteiger charge is 2.33. The van der Waals surface area contributed by atoms with Crippen LogP contribution in [0.4, 0.5) is 5.95 Å². The highest BCUT2D eigenvalue weighted by Crippen LogP contribution is 2.29. The zero-order chi connectivity index (χ0) is 28.5. The summed E-state index contributed by atoms with van der Waals surface area (Å²) in [5.41, 5.74) is 1.65. The lowest BCUT2D eigenvalue weighted by Crippen LogP contribution is -2.53. The lowest BCUT2D eigenvalue weighted by Gasteiger charge is -2.32. The van der Waals surface area contributed by atoms with Crippen LogP contribution in [0.2, 0.25) is 5.02 Å². The molecule has 2 aromatic carbocycles. The van der Waals surface area contributed by atoms with Gasteiger partial charge in [0.15, 0.2) is 0 Å². The molecule has 0 atom stereocenters. The first-order chi connectivity index (χ1) is 19.4. The molecule has 4 N–H and O–H groups in total. The molecule has 1 aliphatic heterocycles. The SMILES string of the molecule is CN(CC(=O)NC(CO)(CO)c1ccccc1)Cc1ccc(-c2nc(NC3CCOCC3)ncc2Cl)cc1C=O. The molecule has 4 rings (SSSR count). The van der Waals surface area contributed by atoms with Crippen LogP contribution in [0.3, 0.4) is 0 Å². The van der Waals surface area contributed by atoms with Crippen LogP contribution >= 0.6 is 11.6 Å². The molecule has 10 nitrogen and oxygen atoms in total. The highest BCUT2D eigenvalue weighted by molar-refractivity contribution is 6.32. The van der Waals surface area contributed by atoms with Crippen LogP contribution in [0.25, 0.3) is 11.3 Å². The Hall–Kier alpha value is -3.41. The van der Waals surface area contributed by atoms with Gasteiger partial charge in [0.1, 0.15) is 11.8 Å². The van der Waals surface area contributed by atoms with Crippen molar-refractivity contribution < 1.29 is 24.5 Å². The third-order valence-corrected chi connectivity index (χ3v) is 7.22. The Bertz CT molecular complexity index is 1300. The van der Waals surface area contributed by atoms with Crippen LogP contribution in [0.15, 0.2) is 54.7 Å². The molecule has 1 aromatic heterocycles. The van der Waals surface area contributed by atoms with Crippen molar-refractivity contribution in [3.8, 4) is 11.3 Å². The van der Waals surface area contributed by atoms with Gasteiger partial charge in [-0.3, -0.25) is 14.5 Å². The number of amides is 1. The van der Waals surface area contributed by atoms with E-state index in [0.29, 0.717) is 53.1 Å². The topological polar surface area (TPSA) is 137 Å². The third kappa shape index (κ3) is 7.21. The van der Waals surface area contributed by atoms with E-state index >= 15 is 0 Å². The molecule has 2 heterocycles. The minimum atomic E-state index is -1.30. The Kier molecular flexibility index (Phi) is 10.2. The fourth-order valence-corrected chi connectivity index (χ4v) is 4.90. The number of aldehydes is 1. The van der Waals surface area contributed by atoms with Crippen LogP contribution in [-0.2, 0) is 21.6 Å². The Balaban J connectivity index is 1.44. The maximum absolute atomic E-state index is 12.9. The van der Waals surface area contributed by atoms with E-state index in [1.807, 2.05) is 18.2 Å². The van der Waals surface area contributed by atoms with Crippen molar-refractivity contribution in [1.29, 1.82) is 0 Å². The number of aliphatic hydroxyl groups is 2. The van der Waals surface area contributed by atoms with Crippen molar-refractivity contribution >= 4 is 29.7 Å². The Morgan fingerprint density at radius 2 is 1.90 bits per heavy atom. The summed E-state index contributed by atoms with van der Waals surface area (Å²) in [6.45, 7) is 0.750. The van der Waals surface area contributed by atoms with E-state index in [1.165, 1.54) is 0 Å². The van der Waals surface area contributed by atoms with Gasteiger partial charge < -0.3 is 25.6 Å². The van der Waals surface area contributed by atoms with E-state index in [-0.39, 0.29) is 18.5 Å². The molecule has 1 aliphatic rings. The van der Waals surface area contributed by atoms with Crippen LogP contribution in [0.1, 0.15) is 34.3 Å². The number of nitrogens with one attached hydrogen (secondary N) is 2. The van der Waals surface area contributed by atoms with Gasteiger partial charge in [-0.1, -0.05) is 54.1 Å². The first-order valence-electron chi connectivity index (χ1n) is 13.1. The molecule has 40 heavy (non-hydrogen) atoms. The fraction of sp³-hybridized carbons (Fsp3) is 0.379. The molecule has 0 radical (unpaired) electrons. The van der Waals surface area contributed by atoms with Crippen molar-refractivity contribution in [2.24, 2.45) is 0 Å². The molecule has 1 amide bonds. The van der Waals surface area contributed by atoms with Gasteiger partial charge >= 0.3 is 0 Å². The molecule has 0 unspecified atom stereocenters. The van der Waals surface area contributed by atoms with Crippen molar-refractivity contribution in [3.63, 3.8) is 0 Å². The second-order valence-corrected chi connectivity index (χ2v) is 10.3. The summed E-state index contributed by atoms with van der Waals surface area (Å²) < 4.78 is 5.40. The van der Waals surface area contributed by atoms with Crippen LogP contribution in [-0.4, -0.2) is 83.3 Å². The molecule has 0 aliphatic carbocycles. The van der Waals surface area contributed by atoms with Crippen molar-refractivity contribution in [1.82, 2.24) is 20.2 Å². The summed E-state index contributed by atoms with van der Waals surface area (Å²) in [7, 11) is 1.75. The number of nitrogens with zero attached hydrogens (tertiary/aromatic N) is 3. The second-order valence-electron chi connectivity index (χ2n) is 9.94. The number of hydrogen-bond acceptors (Lipinski definition) is 9. The van der Waals surface area contributed by atoms with Gasteiger partial charge in [-0.2, -0.15) is 0 Å². The van der Waals surface area contributed by atoms with Gasteiger partial charge in [-0.25, -0.2) is 9.97 Å². The van der Waals surface area contributed by atoms with E-state index in [1.54, 1.807) is 48.5 Å². The molecule has 3 aromatic rings. The van der Waals surface area contributed by atoms with Crippen molar-refractivity contribution in [2.75, 3.05) is 45.3 Å². The zero-order valence-electron chi connectivity index (χ0n) is 22.3. The van der Waals surface area contributed by atoms with Gasteiger partial charge in [-0.05, 0) is 37.1 Å². The molecule has 0 spiro atoms. The van der Waals surface area contributed by atoms with E-state index in [9.17, 15) is 19.8 Å². The maximum Gasteiger partial charge on any atom is 0.235 e. The van der Waals surface area contributed by atoms with Gasteiger partial charge in [0.25, 0.3) is 0 Å². The predicted octanol–water partition coefficient (Wildman–Crippen LogP) is 2.63. The Morgan fingerprint density at radius 1 is 1.18 bits per heavy atom. The lowest BCUT2D eigenvalue weighted by atomic mass is 9.91. The quantitative estimate of drug-likeness (QED) is 0.243. The first-order valence-corrected chi connectivity index (χ1v) is 13.5. The van der Waals surface area contributed by atoms with Crippen molar-refractivity contribution in [3.05, 3.63) is 76.4 Å². The standard InChI is InChI=1S/C29H34ClN5O5/c1-35(16-26(39)34-29(18-37,19-38)23-5-3-2-4-6-23)15-21-8-7-20(13-22(21)17-36)27-25(30)14-31-28(33-27)32-24-9-11-40-12-10-24/h2-8,13-14,17,24,37-38H,9-12,15-16,18-19H2,1H3,(H,34,39)(H,31,32,33). The smallest absolute Gasteiger partial charge is 0.235 e. The number of rotatable bonds is 12. The lowest BCUT2D eigenvalue weighted by molar-refractivity contribution is -0.125. The second kappa shape index (κ2) is 13.8. The molecule has 11 heteroatoms. The molecular formula is C29H34ClN5O5. The minimum absolute atomic E-state index is 0.0202. The molecule has 212 valence electrons. The van der Waals surface area contributed by atoms with Gasteiger partial charge in [0.2, 0.25) is 11.9 Å². The molecular weight excluding hydrogens is 534 g/mol. The molecule has 1 fully saturated rings. The third-order valence-electron chi connectivity index (χ3n) is 6.94.